The van der Waals surface area contributed by atoms with Gasteiger partial charge < -0.3 is 5.11 Å². The molecule has 0 aliphatic carbocycles. The van der Waals surface area contributed by atoms with Crippen LogP contribution < -0.4 is 0 Å². The zero-order chi connectivity index (χ0) is 12.4. The van der Waals surface area contributed by atoms with Gasteiger partial charge in [-0.25, -0.2) is 0 Å². The van der Waals surface area contributed by atoms with Crippen molar-refractivity contribution in [1.29, 1.82) is 0 Å². The molecule has 0 aromatic carbocycles. The van der Waals surface area contributed by atoms with Crippen molar-refractivity contribution in [2.75, 3.05) is 11.5 Å². The van der Waals surface area contributed by atoms with E-state index in [9.17, 15) is 13.2 Å². The van der Waals surface area contributed by atoms with Crippen molar-refractivity contribution in [1.82, 2.24) is 0 Å². The Balaban J connectivity index is 3.21. The monoisotopic (exact) mass is 258 g/mol. The van der Waals surface area contributed by atoms with Crippen molar-refractivity contribution in [2.24, 2.45) is 0 Å². The molecule has 1 N–H and O–H groups in total. The standard InChI is InChI=1S/C11H21F3OS/c1-2-3-4-5-6-7-8-16-9-10(15)11(12,13)14/h10,15H,2-9H2,1H3. The van der Waals surface area contributed by atoms with Crippen LogP contribution in [0, 0.1) is 0 Å². The summed E-state index contributed by atoms with van der Waals surface area (Å²) in [5, 5.41) is 8.71. The molecule has 0 fully saturated rings. The zero-order valence-electron chi connectivity index (χ0n) is 9.72. The third kappa shape index (κ3) is 9.33. The number of thioether (sulfide) groups is 1. The van der Waals surface area contributed by atoms with Crippen molar-refractivity contribution in [3.05, 3.63) is 0 Å². The Labute approximate surface area is 99.8 Å². The summed E-state index contributed by atoms with van der Waals surface area (Å²) in [6, 6.07) is 0. The van der Waals surface area contributed by atoms with Crippen molar-refractivity contribution in [2.45, 2.75) is 57.7 Å². The van der Waals surface area contributed by atoms with Gasteiger partial charge in [0, 0.05) is 5.75 Å². The van der Waals surface area contributed by atoms with Crippen molar-refractivity contribution in [3.63, 3.8) is 0 Å². The average molecular weight is 258 g/mol. The summed E-state index contributed by atoms with van der Waals surface area (Å²) in [6.45, 7) is 2.15. The van der Waals surface area contributed by atoms with E-state index in [0.29, 0.717) is 5.75 Å². The molecular formula is C11H21F3OS. The first-order valence-electron chi connectivity index (χ1n) is 5.81. The number of aliphatic hydroxyl groups excluding tert-OH is 1. The highest BCUT2D eigenvalue weighted by atomic mass is 32.2. The second-order valence-electron chi connectivity index (χ2n) is 3.90. The lowest BCUT2D eigenvalue weighted by Gasteiger charge is -2.13. The Morgan fingerprint density at radius 1 is 1.06 bits per heavy atom. The zero-order valence-corrected chi connectivity index (χ0v) is 10.5. The van der Waals surface area contributed by atoms with Gasteiger partial charge in [0.2, 0.25) is 0 Å². The minimum absolute atomic E-state index is 0.238. The smallest absolute Gasteiger partial charge is 0.383 e. The first kappa shape index (κ1) is 16.1. The molecule has 0 aliphatic heterocycles. The Morgan fingerprint density at radius 3 is 2.19 bits per heavy atom. The molecule has 1 unspecified atom stereocenters. The van der Waals surface area contributed by atoms with Crippen LogP contribution in [0.15, 0.2) is 0 Å². The van der Waals surface area contributed by atoms with Gasteiger partial charge >= 0.3 is 6.18 Å². The molecule has 0 spiro atoms. The predicted octanol–water partition coefficient (Wildman–Crippen LogP) is 4.00. The Bertz CT molecular complexity index is 162. The third-order valence-corrected chi connectivity index (χ3v) is 3.42. The van der Waals surface area contributed by atoms with Gasteiger partial charge in [0.05, 0.1) is 0 Å². The summed E-state index contributed by atoms with van der Waals surface area (Å²) in [5.41, 5.74) is 0. The lowest BCUT2D eigenvalue weighted by molar-refractivity contribution is -0.195. The number of hydrogen-bond acceptors (Lipinski definition) is 2. The summed E-state index contributed by atoms with van der Waals surface area (Å²) < 4.78 is 35.7. The van der Waals surface area contributed by atoms with Crippen LogP contribution in [0.1, 0.15) is 45.4 Å². The van der Waals surface area contributed by atoms with Gasteiger partial charge in [-0.1, -0.05) is 39.0 Å². The maximum absolute atomic E-state index is 11.9. The van der Waals surface area contributed by atoms with E-state index >= 15 is 0 Å². The van der Waals surface area contributed by atoms with E-state index < -0.39 is 12.3 Å². The second-order valence-corrected chi connectivity index (χ2v) is 5.05. The average Bonchev–Trinajstić information content (AvgIpc) is 2.20. The molecular weight excluding hydrogens is 237 g/mol. The quantitative estimate of drug-likeness (QED) is 0.631. The molecule has 0 rings (SSSR count). The van der Waals surface area contributed by atoms with Crippen LogP contribution in [0.25, 0.3) is 0 Å². The van der Waals surface area contributed by atoms with Crippen LogP contribution in [0.4, 0.5) is 13.2 Å². The van der Waals surface area contributed by atoms with E-state index in [-0.39, 0.29) is 5.75 Å². The topological polar surface area (TPSA) is 20.2 Å². The molecule has 16 heavy (non-hydrogen) atoms. The van der Waals surface area contributed by atoms with Crippen LogP contribution in [-0.2, 0) is 0 Å². The minimum atomic E-state index is -4.46. The predicted molar refractivity (Wildman–Crippen MR) is 62.8 cm³/mol. The molecule has 98 valence electrons. The number of rotatable bonds is 9. The second kappa shape index (κ2) is 9.16. The van der Waals surface area contributed by atoms with Gasteiger partial charge in [0.25, 0.3) is 0 Å². The molecule has 0 bridgehead atoms. The highest BCUT2D eigenvalue weighted by Crippen LogP contribution is 2.23. The first-order chi connectivity index (χ1) is 7.48. The van der Waals surface area contributed by atoms with E-state index in [4.69, 9.17) is 5.11 Å². The van der Waals surface area contributed by atoms with Crippen molar-refractivity contribution >= 4 is 11.8 Å². The van der Waals surface area contributed by atoms with E-state index in [1.165, 1.54) is 31.0 Å². The van der Waals surface area contributed by atoms with E-state index in [0.717, 1.165) is 19.3 Å². The van der Waals surface area contributed by atoms with Gasteiger partial charge in [0.1, 0.15) is 0 Å². The summed E-state index contributed by atoms with van der Waals surface area (Å²) >= 11 is 1.18. The fourth-order valence-corrected chi connectivity index (χ4v) is 2.26. The summed E-state index contributed by atoms with van der Waals surface area (Å²) in [5.74, 6) is 0.470. The van der Waals surface area contributed by atoms with E-state index in [2.05, 4.69) is 6.92 Å². The number of alkyl halides is 3. The highest BCUT2D eigenvalue weighted by molar-refractivity contribution is 7.99. The number of unbranched alkanes of at least 4 members (excludes halogenated alkanes) is 5. The van der Waals surface area contributed by atoms with Gasteiger partial charge in [-0.05, 0) is 12.2 Å². The molecule has 0 heterocycles. The molecule has 0 aliphatic rings. The van der Waals surface area contributed by atoms with Gasteiger partial charge in [0.15, 0.2) is 6.10 Å². The van der Waals surface area contributed by atoms with Crippen molar-refractivity contribution in [3.8, 4) is 0 Å². The van der Waals surface area contributed by atoms with Gasteiger partial charge in [-0.15, -0.1) is 0 Å². The summed E-state index contributed by atoms with van der Waals surface area (Å²) in [4.78, 5) is 0. The summed E-state index contributed by atoms with van der Waals surface area (Å²) in [6.07, 6.45) is 0.203. The Morgan fingerprint density at radius 2 is 1.62 bits per heavy atom. The fraction of sp³-hybridized carbons (Fsp3) is 1.00. The number of hydrogen-bond donors (Lipinski definition) is 1. The molecule has 0 saturated heterocycles. The van der Waals surface area contributed by atoms with E-state index in [1.807, 2.05) is 0 Å². The maximum atomic E-state index is 11.9. The van der Waals surface area contributed by atoms with E-state index in [1.54, 1.807) is 0 Å². The normalized spacial score (nSPS) is 14.1. The molecule has 0 aromatic heterocycles. The largest absolute Gasteiger partial charge is 0.415 e. The molecule has 5 heteroatoms. The minimum Gasteiger partial charge on any atom is -0.383 e. The lowest BCUT2D eigenvalue weighted by Crippen LogP contribution is -2.30. The first-order valence-corrected chi connectivity index (χ1v) is 6.96. The van der Waals surface area contributed by atoms with Crippen LogP contribution >= 0.6 is 11.8 Å². The Hall–Kier alpha value is 0.100. The molecule has 0 radical (unpaired) electrons. The Kier molecular flexibility index (Phi) is 9.22. The molecule has 1 nitrogen and oxygen atoms in total. The highest BCUT2D eigenvalue weighted by Gasteiger charge is 2.37. The molecule has 0 aromatic rings. The SMILES string of the molecule is CCCCCCCCSCC(O)C(F)(F)F. The van der Waals surface area contributed by atoms with Gasteiger partial charge in [-0.3, -0.25) is 0 Å². The molecule has 1 atom stereocenters. The van der Waals surface area contributed by atoms with Crippen LogP contribution in [0.5, 0.6) is 0 Å². The lowest BCUT2D eigenvalue weighted by atomic mass is 10.1. The maximum Gasteiger partial charge on any atom is 0.415 e. The van der Waals surface area contributed by atoms with Crippen LogP contribution in [-0.4, -0.2) is 28.9 Å². The number of aliphatic hydroxyl groups is 1. The number of halogens is 3. The molecule has 0 saturated carbocycles. The van der Waals surface area contributed by atoms with Crippen LogP contribution in [0.2, 0.25) is 0 Å². The third-order valence-electron chi connectivity index (χ3n) is 2.30. The van der Waals surface area contributed by atoms with Gasteiger partial charge in [-0.2, -0.15) is 24.9 Å². The fourth-order valence-electron chi connectivity index (χ4n) is 1.27. The van der Waals surface area contributed by atoms with Crippen LogP contribution in [0.3, 0.4) is 0 Å². The summed E-state index contributed by atoms with van der Waals surface area (Å²) in [7, 11) is 0. The molecule has 0 amide bonds. The van der Waals surface area contributed by atoms with Crippen molar-refractivity contribution < 1.29 is 18.3 Å².